The Bertz CT molecular complexity index is 955. The maximum absolute atomic E-state index is 12.6. The number of hydrogen-bond donors (Lipinski definition) is 1. The molecule has 2 saturated heterocycles. The molecule has 0 bridgehead atoms. The lowest BCUT2D eigenvalue weighted by Gasteiger charge is -2.31. The van der Waals surface area contributed by atoms with E-state index >= 15 is 0 Å². The molecule has 2 aliphatic rings. The van der Waals surface area contributed by atoms with Crippen LogP contribution in [0.4, 0.5) is 5.69 Å². The van der Waals surface area contributed by atoms with Crippen LogP contribution in [0.5, 0.6) is 5.75 Å². The largest absolute Gasteiger partial charge is 0.484 e. The van der Waals surface area contributed by atoms with E-state index in [0.717, 1.165) is 24.2 Å². The molecule has 0 spiro atoms. The Morgan fingerprint density at radius 3 is 2.50 bits per heavy atom. The Hall–Kier alpha value is -3.35. The van der Waals surface area contributed by atoms with Gasteiger partial charge in [0.25, 0.3) is 5.91 Å². The predicted octanol–water partition coefficient (Wildman–Crippen LogP) is 2.75. The summed E-state index contributed by atoms with van der Waals surface area (Å²) in [6.45, 7) is 2.31. The first-order chi connectivity index (χ1) is 15.6. The number of hydrogen-bond acceptors (Lipinski definition) is 4. The smallest absolute Gasteiger partial charge is 0.260 e. The highest BCUT2D eigenvalue weighted by molar-refractivity contribution is 5.95. The van der Waals surface area contributed by atoms with E-state index in [9.17, 15) is 14.4 Å². The lowest BCUT2D eigenvalue weighted by atomic mass is 9.95. The van der Waals surface area contributed by atoms with Gasteiger partial charge in [0.1, 0.15) is 5.75 Å². The first kappa shape index (κ1) is 21.9. The molecule has 2 aromatic carbocycles. The van der Waals surface area contributed by atoms with Gasteiger partial charge in [-0.3, -0.25) is 14.4 Å². The van der Waals surface area contributed by atoms with Crippen molar-refractivity contribution in [2.24, 2.45) is 5.92 Å². The molecule has 0 atom stereocenters. The minimum absolute atomic E-state index is 0.0107. The van der Waals surface area contributed by atoms with E-state index in [1.54, 1.807) is 9.80 Å². The van der Waals surface area contributed by atoms with Crippen LogP contribution in [-0.4, -0.2) is 48.9 Å². The van der Waals surface area contributed by atoms with Crippen molar-refractivity contribution in [1.82, 2.24) is 10.2 Å². The summed E-state index contributed by atoms with van der Waals surface area (Å²) in [5.41, 5.74) is 1.87. The molecule has 0 aliphatic carbocycles. The maximum Gasteiger partial charge on any atom is 0.260 e. The van der Waals surface area contributed by atoms with E-state index in [0.29, 0.717) is 44.6 Å². The topological polar surface area (TPSA) is 79.0 Å². The van der Waals surface area contributed by atoms with Gasteiger partial charge in [-0.25, -0.2) is 0 Å². The monoisotopic (exact) mass is 435 g/mol. The van der Waals surface area contributed by atoms with Crippen LogP contribution >= 0.6 is 0 Å². The molecule has 2 heterocycles. The molecule has 7 heteroatoms. The third-order valence-electron chi connectivity index (χ3n) is 6.09. The summed E-state index contributed by atoms with van der Waals surface area (Å²) in [4.78, 5) is 40.6. The molecule has 32 heavy (non-hydrogen) atoms. The van der Waals surface area contributed by atoms with Crippen LogP contribution in [0.25, 0.3) is 0 Å². The molecule has 168 valence electrons. The number of piperidine rings is 1. The van der Waals surface area contributed by atoms with Crippen LogP contribution in [0, 0.1) is 5.92 Å². The number of carbonyl (C=O) groups is 3. The molecule has 3 amide bonds. The van der Waals surface area contributed by atoms with E-state index in [-0.39, 0.29) is 30.2 Å². The van der Waals surface area contributed by atoms with Gasteiger partial charge in [-0.05, 0) is 49.1 Å². The minimum atomic E-state index is -0.0996. The number of nitrogens with one attached hydrogen (secondary N) is 1. The third kappa shape index (κ3) is 5.46. The quantitative estimate of drug-likeness (QED) is 0.725. The van der Waals surface area contributed by atoms with Gasteiger partial charge in [0.15, 0.2) is 6.61 Å². The molecule has 0 aromatic heterocycles. The minimum Gasteiger partial charge on any atom is -0.484 e. The van der Waals surface area contributed by atoms with E-state index in [1.807, 2.05) is 54.6 Å². The second-order valence-electron chi connectivity index (χ2n) is 8.29. The first-order valence-electron chi connectivity index (χ1n) is 11.2. The highest BCUT2D eigenvalue weighted by Gasteiger charge is 2.27. The SMILES string of the molecule is O=C(NCc1cccc(N2CCCC2=O)c1)C1CCN(C(=O)COc2ccccc2)CC1. The van der Waals surface area contributed by atoms with Crippen LogP contribution in [0.3, 0.4) is 0 Å². The van der Waals surface area contributed by atoms with Crippen molar-refractivity contribution in [1.29, 1.82) is 0 Å². The van der Waals surface area contributed by atoms with Gasteiger partial charge in [-0.15, -0.1) is 0 Å². The molecule has 0 radical (unpaired) electrons. The molecular formula is C25H29N3O4. The average Bonchev–Trinajstić information content (AvgIpc) is 3.28. The second-order valence-corrected chi connectivity index (χ2v) is 8.29. The fourth-order valence-corrected chi connectivity index (χ4v) is 4.23. The van der Waals surface area contributed by atoms with Crippen molar-refractivity contribution >= 4 is 23.4 Å². The fraction of sp³-hybridized carbons (Fsp3) is 0.400. The number of nitrogens with zero attached hydrogens (tertiary/aromatic N) is 2. The number of amides is 3. The summed E-state index contributed by atoms with van der Waals surface area (Å²) in [5, 5.41) is 3.02. The summed E-state index contributed by atoms with van der Waals surface area (Å²) in [5.74, 6) is 0.689. The van der Waals surface area contributed by atoms with Crippen molar-refractivity contribution in [3.8, 4) is 5.75 Å². The van der Waals surface area contributed by atoms with Crippen molar-refractivity contribution in [2.75, 3.05) is 31.1 Å². The summed E-state index contributed by atoms with van der Waals surface area (Å²) in [7, 11) is 0. The van der Waals surface area contributed by atoms with Crippen LogP contribution < -0.4 is 15.0 Å². The molecule has 4 rings (SSSR count). The normalized spacial score (nSPS) is 16.8. The zero-order valence-electron chi connectivity index (χ0n) is 18.2. The number of ether oxygens (including phenoxy) is 1. The van der Waals surface area contributed by atoms with Gasteiger partial charge in [-0.2, -0.15) is 0 Å². The number of rotatable bonds is 7. The van der Waals surface area contributed by atoms with E-state index < -0.39 is 0 Å². The van der Waals surface area contributed by atoms with Crippen LogP contribution in [-0.2, 0) is 20.9 Å². The van der Waals surface area contributed by atoms with Crippen LogP contribution in [0.2, 0.25) is 0 Å². The number of para-hydroxylation sites is 1. The molecule has 2 aromatic rings. The Labute approximate surface area is 188 Å². The molecule has 2 aliphatic heterocycles. The molecule has 0 saturated carbocycles. The van der Waals surface area contributed by atoms with Crippen LogP contribution in [0.15, 0.2) is 54.6 Å². The number of benzene rings is 2. The summed E-state index contributed by atoms with van der Waals surface area (Å²) in [6.07, 6.45) is 2.77. The Morgan fingerprint density at radius 2 is 1.78 bits per heavy atom. The van der Waals surface area contributed by atoms with E-state index in [4.69, 9.17) is 4.74 Å². The third-order valence-corrected chi connectivity index (χ3v) is 6.09. The van der Waals surface area contributed by atoms with Crippen LogP contribution in [0.1, 0.15) is 31.2 Å². The Morgan fingerprint density at radius 1 is 1.00 bits per heavy atom. The molecule has 0 unspecified atom stereocenters. The van der Waals surface area contributed by atoms with Gasteiger partial charge < -0.3 is 19.9 Å². The first-order valence-corrected chi connectivity index (χ1v) is 11.2. The van der Waals surface area contributed by atoms with Crippen molar-refractivity contribution in [2.45, 2.75) is 32.2 Å². The van der Waals surface area contributed by atoms with Gasteiger partial charge in [0.2, 0.25) is 11.8 Å². The summed E-state index contributed by atoms with van der Waals surface area (Å²) < 4.78 is 5.54. The second kappa shape index (κ2) is 10.3. The average molecular weight is 436 g/mol. The lowest BCUT2D eigenvalue weighted by Crippen LogP contribution is -2.44. The van der Waals surface area contributed by atoms with Gasteiger partial charge in [0.05, 0.1) is 0 Å². The number of anilines is 1. The van der Waals surface area contributed by atoms with Crippen molar-refractivity contribution in [3.63, 3.8) is 0 Å². The molecular weight excluding hydrogens is 406 g/mol. The molecule has 1 N–H and O–H groups in total. The maximum atomic E-state index is 12.6. The molecule has 2 fully saturated rings. The number of likely N-dealkylation sites (tertiary alicyclic amines) is 1. The van der Waals surface area contributed by atoms with E-state index in [1.165, 1.54) is 0 Å². The van der Waals surface area contributed by atoms with Crippen molar-refractivity contribution < 1.29 is 19.1 Å². The van der Waals surface area contributed by atoms with Crippen molar-refractivity contribution in [3.05, 3.63) is 60.2 Å². The zero-order valence-corrected chi connectivity index (χ0v) is 18.2. The number of carbonyl (C=O) groups excluding carboxylic acids is 3. The fourth-order valence-electron chi connectivity index (χ4n) is 4.23. The van der Waals surface area contributed by atoms with E-state index in [2.05, 4.69) is 5.32 Å². The highest BCUT2D eigenvalue weighted by atomic mass is 16.5. The van der Waals surface area contributed by atoms with Gasteiger partial charge >= 0.3 is 0 Å². The standard InChI is InChI=1S/C25H29N3O4/c29-23-10-5-13-28(23)21-7-4-6-19(16-21)17-26-25(31)20-11-14-27(15-12-20)24(30)18-32-22-8-2-1-3-9-22/h1-4,6-9,16,20H,5,10-15,17-18H2,(H,26,31). The lowest BCUT2D eigenvalue weighted by molar-refractivity contribution is -0.137. The predicted molar refractivity (Wildman–Crippen MR) is 121 cm³/mol. The van der Waals surface area contributed by atoms with Gasteiger partial charge in [0, 0.05) is 44.2 Å². The zero-order chi connectivity index (χ0) is 22.3. The van der Waals surface area contributed by atoms with Gasteiger partial charge in [-0.1, -0.05) is 30.3 Å². The summed E-state index contributed by atoms with van der Waals surface area (Å²) in [6, 6.07) is 17.1. The highest BCUT2D eigenvalue weighted by Crippen LogP contribution is 2.23. The Kier molecular flexibility index (Phi) is 7.04. The Balaban J connectivity index is 1.21. The summed E-state index contributed by atoms with van der Waals surface area (Å²) >= 11 is 0. The molecule has 7 nitrogen and oxygen atoms in total.